The van der Waals surface area contributed by atoms with E-state index < -0.39 is 0 Å². The molecule has 2 rings (SSSR count). The lowest BCUT2D eigenvalue weighted by molar-refractivity contribution is 0.306. The van der Waals surface area contributed by atoms with Gasteiger partial charge in [0.15, 0.2) is 5.75 Å². The van der Waals surface area contributed by atoms with Crippen LogP contribution in [0.25, 0.3) is 0 Å². The van der Waals surface area contributed by atoms with Gasteiger partial charge >= 0.3 is 0 Å². The largest absolute Gasteiger partial charge is 0.486 e. The molecule has 1 aromatic heterocycles. The number of para-hydroxylation sites is 1. The molecule has 2 N–H and O–H groups in total. The molecule has 1 aromatic carbocycles. The van der Waals surface area contributed by atoms with Crippen LogP contribution in [0.15, 0.2) is 36.5 Å². The van der Waals surface area contributed by atoms with Gasteiger partial charge in [-0.25, -0.2) is 0 Å². The Balaban J connectivity index is 2.15. The second-order valence-corrected chi connectivity index (χ2v) is 5.01. The number of thiocarbonyl (C=S) groups is 1. The number of halogens is 2. The molecule has 0 saturated carbocycles. The van der Waals surface area contributed by atoms with Crippen molar-refractivity contribution in [1.82, 2.24) is 4.98 Å². The zero-order valence-corrected chi connectivity index (χ0v) is 12.1. The van der Waals surface area contributed by atoms with E-state index in [4.69, 9.17) is 45.9 Å². The number of nitrogens with zero attached hydrogens (tertiary/aromatic N) is 1. The molecule has 3 nitrogen and oxygen atoms in total. The van der Waals surface area contributed by atoms with Crippen LogP contribution in [0.3, 0.4) is 0 Å². The molecule has 0 aliphatic rings. The number of benzene rings is 1. The maximum atomic E-state index is 6.01. The van der Waals surface area contributed by atoms with Crippen LogP contribution in [-0.2, 0) is 6.61 Å². The summed E-state index contributed by atoms with van der Waals surface area (Å²) in [5.41, 5.74) is 6.96. The van der Waals surface area contributed by atoms with Gasteiger partial charge in [0.2, 0.25) is 0 Å². The lowest BCUT2D eigenvalue weighted by atomic mass is 10.2. The van der Waals surface area contributed by atoms with E-state index in [0.29, 0.717) is 28.1 Å². The molecule has 2 aromatic rings. The van der Waals surface area contributed by atoms with E-state index in [0.717, 1.165) is 5.56 Å². The topological polar surface area (TPSA) is 48.1 Å². The van der Waals surface area contributed by atoms with Crippen molar-refractivity contribution in [2.24, 2.45) is 5.73 Å². The van der Waals surface area contributed by atoms with Gasteiger partial charge in [0.1, 0.15) is 11.6 Å². The molecule has 0 fully saturated rings. The average molecular weight is 313 g/mol. The van der Waals surface area contributed by atoms with Crippen molar-refractivity contribution in [3.8, 4) is 5.75 Å². The third-order valence-electron chi connectivity index (χ3n) is 2.38. The fraction of sp³-hybridized carbons (Fsp3) is 0.0769. The summed E-state index contributed by atoms with van der Waals surface area (Å²) in [6, 6.07) is 8.78. The second kappa shape index (κ2) is 6.19. The standard InChI is InChI=1S/C13H10Cl2N2OS/c14-9-2-1-3-10(15)12(9)18-7-8-4-5-17-11(6-8)13(16)19/h1-6H,7H2,(H2,16,19). The molecular formula is C13H10Cl2N2OS. The van der Waals surface area contributed by atoms with Crippen LogP contribution in [0, 0.1) is 0 Å². The predicted molar refractivity (Wildman–Crippen MR) is 80.9 cm³/mol. The number of nitrogens with two attached hydrogens (primary N) is 1. The van der Waals surface area contributed by atoms with Crippen molar-refractivity contribution >= 4 is 40.4 Å². The SMILES string of the molecule is NC(=S)c1cc(COc2c(Cl)cccc2Cl)ccn1. The molecule has 0 atom stereocenters. The summed E-state index contributed by atoms with van der Waals surface area (Å²) in [6.45, 7) is 0.307. The van der Waals surface area contributed by atoms with E-state index in [9.17, 15) is 0 Å². The molecule has 0 aliphatic heterocycles. The fourth-order valence-corrected chi connectivity index (χ4v) is 2.09. The number of pyridine rings is 1. The Bertz CT molecular complexity index is 599. The van der Waals surface area contributed by atoms with Crippen molar-refractivity contribution in [2.75, 3.05) is 0 Å². The number of hydrogen-bond donors (Lipinski definition) is 1. The van der Waals surface area contributed by atoms with E-state index in [1.807, 2.05) is 6.07 Å². The normalized spacial score (nSPS) is 10.2. The number of aromatic nitrogens is 1. The zero-order chi connectivity index (χ0) is 13.8. The van der Waals surface area contributed by atoms with Gasteiger partial charge in [-0.15, -0.1) is 0 Å². The summed E-state index contributed by atoms with van der Waals surface area (Å²) in [6.07, 6.45) is 1.63. The van der Waals surface area contributed by atoms with Crippen molar-refractivity contribution in [2.45, 2.75) is 6.61 Å². The molecule has 0 radical (unpaired) electrons. The Morgan fingerprint density at radius 3 is 2.58 bits per heavy atom. The predicted octanol–water partition coefficient (Wildman–Crippen LogP) is 3.60. The van der Waals surface area contributed by atoms with Crippen molar-refractivity contribution < 1.29 is 4.74 Å². The van der Waals surface area contributed by atoms with Gasteiger partial charge in [0.05, 0.1) is 15.7 Å². The van der Waals surface area contributed by atoms with Gasteiger partial charge in [-0.05, 0) is 29.8 Å². The van der Waals surface area contributed by atoms with Gasteiger partial charge in [-0.1, -0.05) is 41.5 Å². The Labute approximate surface area is 126 Å². The van der Waals surface area contributed by atoms with Crippen LogP contribution < -0.4 is 10.5 Å². The van der Waals surface area contributed by atoms with Gasteiger partial charge in [-0.3, -0.25) is 4.98 Å². The zero-order valence-electron chi connectivity index (χ0n) is 9.77. The minimum Gasteiger partial charge on any atom is -0.486 e. The van der Waals surface area contributed by atoms with E-state index in [1.54, 1.807) is 30.5 Å². The van der Waals surface area contributed by atoms with Crippen LogP contribution in [0.1, 0.15) is 11.3 Å². The van der Waals surface area contributed by atoms with Crippen molar-refractivity contribution in [1.29, 1.82) is 0 Å². The molecule has 6 heteroatoms. The molecule has 1 heterocycles. The maximum absolute atomic E-state index is 6.01. The van der Waals surface area contributed by atoms with Gasteiger partial charge < -0.3 is 10.5 Å². The van der Waals surface area contributed by atoms with Crippen LogP contribution >= 0.6 is 35.4 Å². The Morgan fingerprint density at radius 1 is 1.26 bits per heavy atom. The van der Waals surface area contributed by atoms with E-state index in [-0.39, 0.29) is 4.99 Å². The Hall–Kier alpha value is -1.36. The molecule has 0 spiro atoms. The summed E-state index contributed by atoms with van der Waals surface area (Å²) in [7, 11) is 0. The third-order valence-corrected chi connectivity index (χ3v) is 3.18. The summed E-state index contributed by atoms with van der Waals surface area (Å²) in [5, 5.41) is 0.937. The quantitative estimate of drug-likeness (QED) is 0.876. The smallest absolute Gasteiger partial charge is 0.156 e. The molecule has 0 saturated heterocycles. The molecular weight excluding hydrogens is 303 g/mol. The number of rotatable bonds is 4. The van der Waals surface area contributed by atoms with E-state index in [1.165, 1.54) is 0 Å². The first-order valence-corrected chi connectivity index (χ1v) is 6.56. The lowest BCUT2D eigenvalue weighted by Gasteiger charge is -2.10. The highest BCUT2D eigenvalue weighted by Crippen LogP contribution is 2.32. The molecule has 0 aliphatic carbocycles. The average Bonchev–Trinajstić information content (AvgIpc) is 2.38. The highest BCUT2D eigenvalue weighted by molar-refractivity contribution is 7.80. The Morgan fingerprint density at radius 2 is 1.95 bits per heavy atom. The maximum Gasteiger partial charge on any atom is 0.156 e. The fourth-order valence-electron chi connectivity index (χ4n) is 1.47. The molecule has 0 unspecified atom stereocenters. The highest BCUT2D eigenvalue weighted by Gasteiger charge is 2.07. The number of hydrogen-bond acceptors (Lipinski definition) is 3. The minimum atomic E-state index is 0.248. The monoisotopic (exact) mass is 312 g/mol. The highest BCUT2D eigenvalue weighted by atomic mass is 35.5. The molecule has 98 valence electrons. The van der Waals surface area contributed by atoms with Crippen molar-refractivity contribution in [3.63, 3.8) is 0 Å². The summed E-state index contributed by atoms with van der Waals surface area (Å²) in [5.74, 6) is 0.458. The summed E-state index contributed by atoms with van der Waals surface area (Å²) < 4.78 is 5.61. The number of ether oxygens (including phenoxy) is 1. The summed E-state index contributed by atoms with van der Waals surface area (Å²) in [4.78, 5) is 4.30. The van der Waals surface area contributed by atoms with E-state index in [2.05, 4.69) is 4.98 Å². The first-order chi connectivity index (χ1) is 9.08. The van der Waals surface area contributed by atoms with Gasteiger partial charge in [-0.2, -0.15) is 0 Å². The van der Waals surface area contributed by atoms with Gasteiger partial charge in [0.25, 0.3) is 0 Å². The molecule has 19 heavy (non-hydrogen) atoms. The lowest BCUT2D eigenvalue weighted by Crippen LogP contribution is -2.12. The molecule has 0 bridgehead atoms. The summed E-state index contributed by atoms with van der Waals surface area (Å²) >= 11 is 16.9. The third kappa shape index (κ3) is 3.56. The van der Waals surface area contributed by atoms with Crippen LogP contribution in [-0.4, -0.2) is 9.97 Å². The van der Waals surface area contributed by atoms with Crippen LogP contribution in [0.2, 0.25) is 10.0 Å². The first kappa shape index (κ1) is 14.1. The van der Waals surface area contributed by atoms with Crippen LogP contribution in [0.5, 0.6) is 5.75 Å². The molecule has 0 amide bonds. The van der Waals surface area contributed by atoms with E-state index >= 15 is 0 Å². The van der Waals surface area contributed by atoms with Crippen LogP contribution in [0.4, 0.5) is 0 Å². The first-order valence-electron chi connectivity index (χ1n) is 5.39. The second-order valence-electron chi connectivity index (χ2n) is 3.75. The van der Waals surface area contributed by atoms with Crippen molar-refractivity contribution in [3.05, 3.63) is 57.8 Å². The van der Waals surface area contributed by atoms with Gasteiger partial charge in [0, 0.05) is 6.20 Å². The minimum absolute atomic E-state index is 0.248. The Kier molecular flexibility index (Phi) is 4.58.